The molecule has 0 rings (SSSR count). The summed E-state index contributed by atoms with van der Waals surface area (Å²) in [5, 5.41) is 3.07. The molecule has 0 saturated carbocycles. The first kappa shape index (κ1) is 7.43. The summed E-state index contributed by atoms with van der Waals surface area (Å²) in [6.45, 7) is 3.93. The third-order valence-electron chi connectivity index (χ3n) is 0.536. The molecular weight excluding hydrogens is 122 g/mol. The van der Waals surface area contributed by atoms with E-state index in [9.17, 15) is 0 Å². The summed E-state index contributed by atoms with van der Waals surface area (Å²) in [4.78, 5) is 0. The van der Waals surface area contributed by atoms with Gasteiger partial charge in [-0.2, -0.15) is 0 Å². The maximum Gasteiger partial charge on any atom is 0.256 e. The number of ether oxygens (including phenoxy) is 1. The Hall–Kier alpha value is -0.570. The molecule has 0 aliphatic heterocycles. The standard InChI is InChI=1S/C5H9NOS/c1-3-4-7-5(8)6-2/h3H,1,4H2,2H3,(H,6,8). The molecule has 0 heterocycles. The van der Waals surface area contributed by atoms with Crippen molar-refractivity contribution in [2.45, 2.75) is 0 Å². The molecule has 3 heteroatoms. The summed E-state index contributed by atoms with van der Waals surface area (Å²) in [6, 6.07) is 0. The van der Waals surface area contributed by atoms with Crippen molar-refractivity contribution >= 4 is 17.4 Å². The molecule has 0 unspecified atom stereocenters. The van der Waals surface area contributed by atoms with Gasteiger partial charge in [0.2, 0.25) is 0 Å². The summed E-state index contributed by atoms with van der Waals surface area (Å²) in [7, 11) is 1.71. The van der Waals surface area contributed by atoms with E-state index in [1.807, 2.05) is 0 Å². The first-order chi connectivity index (χ1) is 3.81. The minimum absolute atomic E-state index is 0.407. The van der Waals surface area contributed by atoms with Crippen molar-refractivity contribution in [2.75, 3.05) is 13.7 Å². The molecule has 0 atom stereocenters. The van der Waals surface area contributed by atoms with E-state index in [-0.39, 0.29) is 0 Å². The van der Waals surface area contributed by atoms with Crippen LogP contribution in [0.15, 0.2) is 12.7 Å². The predicted octanol–water partition coefficient (Wildman–Crippen LogP) is 0.693. The van der Waals surface area contributed by atoms with E-state index < -0.39 is 0 Å². The van der Waals surface area contributed by atoms with Crippen molar-refractivity contribution < 1.29 is 4.74 Å². The monoisotopic (exact) mass is 131 g/mol. The van der Waals surface area contributed by atoms with Crippen molar-refractivity contribution in [1.82, 2.24) is 5.32 Å². The second-order valence-corrected chi connectivity index (χ2v) is 1.51. The van der Waals surface area contributed by atoms with Crippen LogP contribution in [0.25, 0.3) is 0 Å². The van der Waals surface area contributed by atoms with Gasteiger partial charge in [0.05, 0.1) is 0 Å². The lowest BCUT2D eigenvalue weighted by Crippen LogP contribution is -2.18. The fourth-order valence-corrected chi connectivity index (χ4v) is 0.275. The Morgan fingerprint density at radius 1 is 2.00 bits per heavy atom. The maximum atomic E-state index is 4.84. The topological polar surface area (TPSA) is 21.3 Å². The van der Waals surface area contributed by atoms with Gasteiger partial charge >= 0.3 is 0 Å². The fraction of sp³-hybridized carbons (Fsp3) is 0.400. The van der Waals surface area contributed by atoms with Crippen LogP contribution >= 0.6 is 12.2 Å². The predicted molar refractivity (Wildman–Crippen MR) is 37.8 cm³/mol. The minimum atomic E-state index is 0.407. The number of hydrogen-bond donors (Lipinski definition) is 1. The van der Waals surface area contributed by atoms with Crippen LogP contribution in [0.1, 0.15) is 0 Å². The molecule has 0 radical (unpaired) electrons. The molecule has 46 valence electrons. The molecule has 0 aromatic heterocycles. The Bertz CT molecular complexity index is 92.4. The van der Waals surface area contributed by atoms with Crippen LogP contribution in [0.2, 0.25) is 0 Å². The van der Waals surface area contributed by atoms with Crippen molar-refractivity contribution in [1.29, 1.82) is 0 Å². The molecule has 0 aliphatic carbocycles. The van der Waals surface area contributed by atoms with E-state index in [2.05, 4.69) is 24.1 Å². The number of nitrogens with one attached hydrogen (secondary N) is 1. The van der Waals surface area contributed by atoms with Crippen molar-refractivity contribution in [3.63, 3.8) is 0 Å². The maximum absolute atomic E-state index is 4.84. The van der Waals surface area contributed by atoms with E-state index in [0.717, 1.165) is 0 Å². The highest BCUT2D eigenvalue weighted by Gasteiger charge is 1.84. The molecule has 0 spiro atoms. The van der Waals surface area contributed by atoms with Gasteiger partial charge in [0.15, 0.2) is 0 Å². The summed E-state index contributed by atoms with van der Waals surface area (Å²) in [5.74, 6) is 0. The van der Waals surface area contributed by atoms with Gasteiger partial charge in [-0.05, 0) is 12.2 Å². The minimum Gasteiger partial charge on any atom is -0.467 e. The number of rotatable bonds is 2. The lowest BCUT2D eigenvalue weighted by Gasteiger charge is -2.00. The average Bonchev–Trinajstić information content (AvgIpc) is 1.83. The van der Waals surface area contributed by atoms with Gasteiger partial charge in [0.25, 0.3) is 5.17 Å². The lowest BCUT2D eigenvalue weighted by molar-refractivity contribution is 0.346. The zero-order valence-electron chi connectivity index (χ0n) is 4.81. The molecular formula is C5H9NOS. The van der Waals surface area contributed by atoms with Gasteiger partial charge in [0.1, 0.15) is 6.61 Å². The van der Waals surface area contributed by atoms with E-state index in [1.54, 1.807) is 13.1 Å². The van der Waals surface area contributed by atoms with Crippen molar-refractivity contribution in [3.8, 4) is 0 Å². The lowest BCUT2D eigenvalue weighted by atomic mass is 10.7. The van der Waals surface area contributed by atoms with E-state index in [0.29, 0.717) is 11.8 Å². The van der Waals surface area contributed by atoms with Crippen molar-refractivity contribution in [2.24, 2.45) is 0 Å². The average molecular weight is 131 g/mol. The molecule has 0 saturated heterocycles. The molecule has 0 aliphatic rings. The summed E-state index contributed by atoms with van der Waals surface area (Å²) < 4.78 is 4.84. The molecule has 0 bridgehead atoms. The summed E-state index contributed by atoms with van der Waals surface area (Å²) in [6.07, 6.45) is 1.64. The number of hydrogen-bond acceptors (Lipinski definition) is 2. The molecule has 0 fully saturated rings. The SMILES string of the molecule is C=CCOC(=S)NC. The Labute approximate surface area is 54.5 Å². The largest absolute Gasteiger partial charge is 0.467 e. The van der Waals surface area contributed by atoms with Gasteiger partial charge in [-0.15, -0.1) is 0 Å². The first-order valence-corrected chi connectivity index (χ1v) is 2.67. The number of thiocarbonyl (C=S) groups is 1. The smallest absolute Gasteiger partial charge is 0.256 e. The van der Waals surface area contributed by atoms with E-state index in [4.69, 9.17) is 4.74 Å². The third-order valence-corrected chi connectivity index (χ3v) is 0.858. The molecule has 0 aromatic rings. The first-order valence-electron chi connectivity index (χ1n) is 2.26. The zero-order valence-corrected chi connectivity index (χ0v) is 5.62. The highest BCUT2D eigenvalue weighted by atomic mass is 32.1. The molecule has 1 N–H and O–H groups in total. The van der Waals surface area contributed by atoms with Gasteiger partial charge in [-0.1, -0.05) is 12.7 Å². The molecule has 8 heavy (non-hydrogen) atoms. The quantitative estimate of drug-likeness (QED) is 0.440. The normalized spacial score (nSPS) is 7.62. The van der Waals surface area contributed by atoms with Crippen LogP contribution in [0, 0.1) is 0 Å². The second kappa shape index (κ2) is 4.59. The van der Waals surface area contributed by atoms with Gasteiger partial charge in [-0.25, -0.2) is 0 Å². The van der Waals surface area contributed by atoms with Gasteiger partial charge < -0.3 is 10.1 Å². The van der Waals surface area contributed by atoms with Crippen LogP contribution in [-0.4, -0.2) is 18.8 Å². The van der Waals surface area contributed by atoms with E-state index >= 15 is 0 Å². The molecule has 2 nitrogen and oxygen atoms in total. The Morgan fingerprint density at radius 2 is 2.62 bits per heavy atom. The van der Waals surface area contributed by atoms with Crippen LogP contribution in [0.3, 0.4) is 0 Å². The molecule has 0 aromatic carbocycles. The van der Waals surface area contributed by atoms with Crippen LogP contribution in [0.4, 0.5) is 0 Å². The van der Waals surface area contributed by atoms with Crippen LogP contribution in [-0.2, 0) is 4.74 Å². The highest BCUT2D eigenvalue weighted by Crippen LogP contribution is 1.75. The third kappa shape index (κ3) is 3.61. The Kier molecular flexibility index (Phi) is 4.26. The second-order valence-electron chi connectivity index (χ2n) is 1.14. The van der Waals surface area contributed by atoms with Crippen LogP contribution < -0.4 is 5.32 Å². The Morgan fingerprint density at radius 3 is 3.00 bits per heavy atom. The van der Waals surface area contributed by atoms with Crippen molar-refractivity contribution in [3.05, 3.63) is 12.7 Å². The molecule has 0 amide bonds. The Balaban J connectivity index is 3.11. The van der Waals surface area contributed by atoms with Crippen LogP contribution in [0.5, 0.6) is 0 Å². The summed E-state index contributed by atoms with van der Waals surface area (Å²) >= 11 is 4.64. The highest BCUT2D eigenvalue weighted by molar-refractivity contribution is 7.80. The van der Waals surface area contributed by atoms with Gasteiger partial charge in [-0.3, -0.25) is 0 Å². The summed E-state index contributed by atoms with van der Waals surface area (Å²) in [5.41, 5.74) is 0. The van der Waals surface area contributed by atoms with E-state index in [1.165, 1.54) is 0 Å². The van der Waals surface area contributed by atoms with Gasteiger partial charge in [0, 0.05) is 7.05 Å². The fourth-order valence-electron chi connectivity index (χ4n) is 0.207. The zero-order chi connectivity index (χ0) is 6.41.